The van der Waals surface area contributed by atoms with Gasteiger partial charge in [0.1, 0.15) is 5.56 Å². The van der Waals surface area contributed by atoms with Gasteiger partial charge in [0, 0.05) is 0 Å². The molecule has 0 N–H and O–H groups in total. The van der Waals surface area contributed by atoms with E-state index in [4.69, 9.17) is 0 Å². The first-order chi connectivity index (χ1) is 10.7. The average Bonchev–Trinajstić information content (AvgIpc) is 2.46. The lowest BCUT2D eigenvalue weighted by molar-refractivity contribution is -0.139. The van der Waals surface area contributed by atoms with Crippen LogP contribution < -0.4 is 4.84 Å². The Hall–Kier alpha value is -2.51. The monoisotopic (exact) mass is 333 g/mol. The quantitative estimate of drug-likeness (QED) is 0.433. The van der Waals surface area contributed by atoms with Gasteiger partial charge in [0.15, 0.2) is 5.75 Å². The predicted molar refractivity (Wildman–Crippen MR) is 71.1 cm³/mol. The van der Waals surface area contributed by atoms with Gasteiger partial charge in [-0.05, 0) is 29.8 Å². The van der Waals surface area contributed by atoms with Crippen molar-refractivity contribution in [3.05, 3.63) is 65.2 Å². The number of rotatable bonds is 3. The van der Waals surface area contributed by atoms with Crippen molar-refractivity contribution >= 4 is 6.21 Å². The van der Waals surface area contributed by atoms with Crippen LogP contribution in [0.25, 0.3) is 0 Å². The Bertz CT molecular complexity index is 706. The van der Waals surface area contributed by atoms with E-state index in [-0.39, 0.29) is 5.56 Å². The minimum atomic E-state index is -4.62. The molecule has 8 heteroatoms. The Morgan fingerprint density at radius 3 is 2.17 bits per heavy atom. The van der Waals surface area contributed by atoms with Gasteiger partial charge < -0.3 is 4.84 Å². The summed E-state index contributed by atoms with van der Waals surface area (Å²) in [4.78, 5) is 4.66. The lowest BCUT2D eigenvalue weighted by Gasteiger charge is -2.10. The molecule has 0 aliphatic heterocycles. The van der Waals surface area contributed by atoms with Crippen molar-refractivity contribution in [2.24, 2.45) is 5.16 Å². The molecule has 0 saturated carbocycles. The summed E-state index contributed by atoms with van der Waals surface area (Å²) < 4.78 is 75.8. The van der Waals surface area contributed by atoms with Gasteiger partial charge in [-0.15, -0.1) is 0 Å². The molecule has 0 aliphatic rings. The van der Waals surface area contributed by atoms with Crippen molar-refractivity contribution in [2.45, 2.75) is 12.4 Å². The van der Waals surface area contributed by atoms with Crippen molar-refractivity contribution in [2.75, 3.05) is 0 Å². The summed E-state index contributed by atoms with van der Waals surface area (Å²) in [6.07, 6.45) is -8.24. The minimum absolute atomic E-state index is 0.0457. The third kappa shape index (κ3) is 4.48. The van der Waals surface area contributed by atoms with Crippen molar-refractivity contribution < 1.29 is 31.2 Å². The van der Waals surface area contributed by atoms with Gasteiger partial charge in [0.05, 0.1) is 11.8 Å². The van der Waals surface area contributed by atoms with Crippen molar-refractivity contribution in [3.63, 3.8) is 0 Å². The fourth-order valence-corrected chi connectivity index (χ4v) is 1.72. The Kier molecular flexibility index (Phi) is 4.63. The third-order valence-corrected chi connectivity index (χ3v) is 2.76. The second-order valence-electron chi connectivity index (χ2n) is 4.44. The topological polar surface area (TPSA) is 21.6 Å². The normalized spacial score (nSPS) is 12.6. The number of nitrogens with zero attached hydrogens (tertiary/aromatic N) is 1. The smallest absolute Gasteiger partial charge is 0.356 e. The molecule has 2 rings (SSSR count). The number of halogens is 6. The van der Waals surface area contributed by atoms with Crippen LogP contribution in [-0.2, 0) is 12.4 Å². The second kappa shape index (κ2) is 6.31. The highest BCUT2D eigenvalue weighted by Gasteiger charge is 2.34. The average molecular weight is 333 g/mol. The maximum Gasteiger partial charge on any atom is 0.420 e. The van der Waals surface area contributed by atoms with Crippen LogP contribution in [0.15, 0.2) is 53.7 Å². The first-order valence-corrected chi connectivity index (χ1v) is 6.22. The molecule has 0 unspecified atom stereocenters. The lowest BCUT2D eigenvalue weighted by atomic mass is 10.1. The summed E-state index contributed by atoms with van der Waals surface area (Å²) in [6, 6.07) is 8.54. The maximum atomic E-state index is 12.7. The summed E-state index contributed by atoms with van der Waals surface area (Å²) in [5.41, 5.74) is -1.87. The number of para-hydroxylation sites is 1. The number of alkyl halides is 6. The largest absolute Gasteiger partial charge is 0.420 e. The molecule has 0 radical (unpaired) electrons. The van der Waals surface area contributed by atoms with Crippen LogP contribution >= 0.6 is 0 Å². The molecule has 0 saturated heterocycles. The molecule has 0 aromatic heterocycles. The van der Waals surface area contributed by atoms with Gasteiger partial charge in [-0.25, -0.2) is 0 Å². The van der Waals surface area contributed by atoms with Gasteiger partial charge in [0.2, 0.25) is 0 Å². The van der Waals surface area contributed by atoms with Crippen molar-refractivity contribution in [3.8, 4) is 5.75 Å². The number of hydrogen-bond donors (Lipinski definition) is 0. The molecule has 2 aromatic carbocycles. The molecule has 0 bridgehead atoms. The van der Waals surface area contributed by atoms with E-state index < -0.39 is 29.2 Å². The van der Waals surface area contributed by atoms with E-state index in [1.54, 1.807) is 0 Å². The molecule has 0 amide bonds. The van der Waals surface area contributed by atoms with Gasteiger partial charge in [-0.2, -0.15) is 26.3 Å². The van der Waals surface area contributed by atoms with Gasteiger partial charge >= 0.3 is 12.4 Å². The fourth-order valence-electron chi connectivity index (χ4n) is 1.72. The first-order valence-electron chi connectivity index (χ1n) is 6.22. The molecular formula is C15H9F6NO. The summed E-state index contributed by atoms with van der Waals surface area (Å²) in [7, 11) is 0. The van der Waals surface area contributed by atoms with E-state index in [1.165, 1.54) is 18.2 Å². The minimum Gasteiger partial charge on any atom is -0.356 e. The van der Waals surface area contributed by atoms with Gasteiger partial charge in [-0.1, -0.05) is 29.4 Å². The Balaban J connectivity index is 2.18. The van der Waals surface area contributed by atoms with Crippen LogP contribution in [0.4, 0.5) is 26.3 Å². The zero-order chi connectivity index (χ0) is 17.1. The SMILES string of the molecule is FC(F)(F)c1cccc(/C=N/Oc2ccccc2C(F)(F)F)c1. The summed E-state index contributed by atoms with van der Waals surface area (Å²) in [5, 5.41) is 3.32. The first kappa shape index (κ1) is 16.9. The van der Waals surface area contributed by atoms with Crippen LogP contribution in [0.1, 0.15) is 16.7 Å². The van der Waals surface area contributed by atoms with E-state index in [1.807, 2.05) is 0 Å². The van der Waals surface area contributed by atoms with E-state index in [9.17, 15) is 26.3 Å². The van der Waals surface area contributed by atoms with E-state index in [0.29, 0.717) is 0 Å². The number of hydrogen-bond acceptors (Lipinski definition) is 2. The molecule has 0 fully saturated rings. The fraction of sp³-hybridized carbons (Fsp3) is 0.133. The standard InChI is InChI=1S/C15H9F6NO/c16-14(17,18)11-5-3-4-10(8-11)9-22-23-13-7-2-1-6-12(13)15(19,20)21/h1-9H/b22-9+. The highest BCUT2D eigenvalue weighted by molar-refractivity contribution is 5.79. The molecule has 0 spiro atoms. The predicted octanol–water partition coefficient (Wildman–Crippen LogP) is 5.14. The van der Waals surface area contributed by atoms with Crippen molar-refractivity contribution in [1.82, 2.24) is 0 Å². The second-order valence-corrected chi connectivity index (χ2v) is 4.44. The molecule has 23 heavy (non-hydrogen) atoms. The van der Waals surface area contributed by atoms with Crippen LogP contribution in [0.5, 0.6) is 5.75 Å². The molecular weight excluding hydrogens is 324 g/mol. The van der Waals surface area contributed by atoms with Crippen molar-refractivity contribution in [1.29, 1.82) is 0 Å². The molecule has 0 aliphatic carbocycles. The molecule has 0 heterocycles. The van der Waals surface area contributed by atoms with Crippen LogP contribution in [0.3, 0.4) is 0 Å². The van der Waals surface area contributed by atoms with E-state index in [2.05, 4.69) is 9.99 Å². The lowest BCUT2D eigenvalue weighted by Crippen LogP contribution is -2.07. The molecule has 122 valence electrons. The summed E-state index contributed by atoms with van der Waals surface area (Å²) in [6.45, 7) is 0. The summed E-state index contributed by atoms with van der Waals surface area (Å²) in [5.74, 6) is -0.539. The van der Waals surface area contributed by atoms with Gasteiger partial charge in [-0.3, -0.25) is 0 Å². The molecule has 0 atom stereocenters. The number of oxime groups is 1. The highest BCUT2D eigenvalue weighted by atomic mass is 19.4. The maximum absolute atomic E-state index is 12.7. The molecule has 2 nitrogen and oxygen atoms in total. The third-order valence-electron chi connectivity index (χ3n) is 2.76. The Labute approximate surface area is 127 Å². The Morgan fingerprint density at radius 1 is 0.826 bits per heavy atom. The van der Waals surface area contributed by atoms with E-state index in [0.717, 1.165) is 36.5 Å². The summed E-state index contributed by atoms with van der Waals surface area (Å²) >= 11 is 0. The van der Waals surface area contributed by atoms with Gasteiger partial charge in [0.25, 0.3) is 0 Å². The molecule has 2 aromatic rings. The van der Waals surface area contributed by atoms with Crippen LogP contribution in [-0.4, -0.2) is 6.21 Å². The zero-order valence-electron chi connectivity index (χ0n) is 11.3. The zero-order valence-corrected chi connectivity index (χ0v) is 11.3. The Morgan fingerprint density at radius 2 is 1.52 bits per heavy atom. The van der Waals surface area contributed by atoms with Crippen LogP contribution in [0, 0.1) is 0 Å². The van der Waals surface area contributed by atoms with Crippen LogP contribution in [0.2, 0.25) is 0 Å². The number of benzene rings is 2. The van der Waals surface area contributed by atoms with E-state index >= 15 is 0 Å². The highest BCUT2D eigenvalue weighted by Crippen LogP contribution is 2.36.